The first-order chi connectivity index (χ1) is 8.13. The molecule has 0 bridgehead atoms. The zero-order valence-corrected chi connectivity index (χ0v) is 9.78. The second kappa shape index (κ2) is 4.73. The summed E-state index contributed by atoms with van der Waals surface area (Å²) in [7, 11) is 0. The first-order valence-electron chi connectivity index (χ1n) is 5.19. The van der Waals surface area contributed by atoms with E-state index in [2.05, 4.69) is 5.43 Å². The number of nitrogens with one attached hydrogen (secondary N) is 1. The summed E-state index contributed by atoms with van der Waals surface area (Å²) in [5.41, 5.74) is 2.69. The van der Waals surface area contributed by atoms with E-state index in [1.807, 2.05) is 0 Å². The summed E-state index contributed by atoms with van der Waals surface area (Å²) in [5, 5.41) is 0.495. The lowest BCUT2D eigenvalue weighted by Gasteiger charge is -2.17. The summed E-state index contributed by atoms with van der Waals surface area (Å²) in [5.74, 6) is 4.20. The molecule has 3 N–H and O–H groups in total. The largest absolute Gasteiger partial charge is 0.310 e. The van der Waals surface area contributed by atoms with Crippen LogP contribution < -0.4 is 16.2 Å². The minimum Gasteiger partial charge on any atom is -0.310 e. The molecule has 1 unspecified atom stereocenters. The Morgan fingerprint density at radius 2 is 2.18 bits per heavy atom. The minimum absolute atomic E-state index is 0.119. The van der Waals surface area contributed by atoms with Gasteiger partial charge >= 0.3 is 0 Å². The van der Waals surface area contributed by atoms with Crippen LogP contribution in [0, 0.1) is 5.92 Å². The summed E-state index contributed by atoms with van der Waals surface area (Å²) in [6, 6.07) is 7.05. The Labute approximate surface area is 103 Å². The Hall–Kier alpha value is -1.59. The van der Waals surface area contributed by atoms with E-state index in [9.17, 15) is 9.59 Å². The van der Waals surface area contributed by atoms with Gasteiger partial charge in [-0.2, -0.15) is 0 Å². The number of halogens is 1. The topological polar surface area (TPSA) is 75.4 Å². The maximum absolute atomic E-state index is 11.8. The van der Waals surface area contributed by atoms with Crippen LogP contribution in [0.25, 0.3) is 0 Å². The fraction of sp³-hybridized carbons (Fsp3) is 0.273. The third-order valence-electron chi connectivity index (χ3n) is 2.78. The number of hydrogen-bond donors (Lipinski definition) is 2. The molecule has 1 aromatic carbocycles. The maximum atomic E-state index is 11.8. The van der Waals surface area contributed by atoms with Gasteiger partial charge in [-0.3, -0.25) is 15.0 Å². The highest BCUT2D eigenvalue weighted by Crippen LogP contribution is 2.30. The second-order valence-corrected chi connectivity index (χ2v) is 4.27. The average molecular weight is 254 g/mol. The first kappa shape index (κ1) is 11.9. The standard InChI is InChI=1S/C11H12ClN3O2/c12-8-3-1-2-4-9(8)15-6-7(5-10(15)16)11(17)14-13/h1-4,7H,5-6,13H2,(H,14,17). The van der Waals surface area contributed by atoms with Crippen molar-refractivity contribution in [2.24, 2.45) is 11.8 Å². The molecule has 17 heavy (non-hydrogen) atoms. The van der Waals surface area contributed by atoms with E-state index in [4.69, 9.17) is 17.4 Å². The molecular formula is C11H12ClN3O2. The molecule has 1 fully saturated rings. The van der Waals surface area contributed by atoms with Gasteiger partial charge in [-0.05, 0) is 12.1 Å². The van der Waals surface area contributed by atoms with E-state index in [0.29, 0.717) is 17.3 Å². The number of anilines is 1. The van der Waals surface area contributed by atoms with Crippen molar-refractivity contribution in [1.82, 2.24) is 5.43 Å². The van der Waals surface area contributed by atoms with Gasteiger partial charge in [0.25, 0.3) is 0 Å². The van der Waals surface area contributed by atoms with Gasteiger partial charge in [0.05, 0.1) is 16.6 Å². The number of hydrogen-bond acceptors (Lipinski definition) is 3. The smallest absolute Gasteiger partial charge is 0.239 e. The van der Waals surface area contributed by atoms with Crippen molar-refractivity contribution in [3.8, 4) is 0 Å². The van der Waals surface area contributed by atoms with Gasteiger partial charge in [0.2, 0.25) is 11.8 Å². The summed E-state index contributed by atoms with van der Waals surface area (Å²) in [6.45, 7) is 0.311. The van der Waals surface area contributed by atoms with Crippen molar-refractivity contribution in [2.45, 2.75) is 6.42 Å². The van der Waals surface area contributed by atoms with E-state index in [0.717, 1.165) is 0 Å². The second-order valence-electron chi connectivity index (χ2n) is 3.87. The molecule has 0 aromatic heterocycles. The van der Waals surface area contributed by atoms with Gasteiger partial charge in [-0.1, -0.05) is 23.7 Å². The van der Waals surface area contributed by atoms with E-state index in [1.54, 1.807) is 24.3 Å². The molecule has 0 aliphatic carbocycles. The molecule has 0 radical (unpaired) electrons. The van der Waals surface area contributed by atoms with Crippen LogP contribution in [0.1, 0.15) is 6.42 Å². The van der Waals surface area contributed by atoms with Gasteiger partial charge in [0.1, 0.15) is 0 Å². The molecule has 1 heterocycles. The fourth-order valence-corrected chi connectivity index (χ4v) is 2.14. The van der Waals surface area contributed by atoms with Crippen molar-refractivity contribution in [3.63, 3.8) is 0 Å². The maximum Gasteiger partial charge on any atom is 0.239 e. The molecule has 1 aliphatic rings. The molecule has 2 amide bonds. The first-order valence-corrected chi connectivity index (χ1v) is 5.56. The average Bonchev–Trinajstić information content (AvgIpc) is 2.71. The third kappa shape index (κ3) is 2.25. The number of nitrogens with two attached hydrogens (primary N) is 1. The molecule has 2 rings (SSSR count). The lowest BCUT2D eigenvalue weighted by Crippen LogP contribution is -2.37. The molecule has 90 valence electrons. The van der Waals surface area contributed by atoms with Crippen LogP contribution in [-0.4, -0.2) is 18.4 Å². The van der Waals surface area contributed by atoms with Crippen molar-refractivity contribution < 1.29 is 9.59 Å². The number of carbonyl (C=O) groups is 2. The van der Waals surface area contributed by atoms with Crippen LogP contribution in [0.2, 0.25) is 5.02 Å². The van der Waals surface area contributed by atoms with Gasteiger partial charge in [0, 0.05) is 13.0 Å². The monoisotopic (exact) mass is 253 g/mol. The lowest BCUT2D eigenvalue weighted by molar-refractivity contribution is -0.126. The summed E-state index contributed by atoms with van der Waals surface area (Å²) in [6.07, 6.45) is 0.161. The Balaban J connectivity index is 2.22. The molecular weight excluding hydrogens is 242 g/mol. The van der Waals surface area contributed by atoms with Gasteiger partial charge < -0.3 is 4.90 Å². The molecule has 0 spiro atoms. The molecule has 1 saturated heterocycles. The van der Waals surface area contributed by atoms with Gasteiger partial charge in [0.15, 0.2) is 0 Å². The molecule has 0 saturated carbocycles. The highest BCUT2D eigenvalue weighted by molar-refractivity contribution is 6.33. The summed E-state index contributed by atoms with van der Waals surface area (Å²) < 4.78 is 0. The predicted octanol–water partition coefficient (Wildman–Crippen LogP) is 0.683. The Kier molecular flexibility index (Phi) is 3.31. The van der Waals surface area contributed by atoms with E-state index in [-0.39, 0.29) is 18.2 Å². The predicted molar refractivity (Wildman–Crippen MR) is 64.2 cm³/mol. The number of amides is 2. The molecule has 1 aliphatic heterocycles. The van der Waals surface area contributed by atoms with Crippen LogP contribution >= 0.6 is 11.6 Å². The summed E-state index contributed by atoms with van der Waals surface area (Å²) in [4.78, 5) is 24.7. The Bertz CT molecular complexity index is 464. The van der Waals surface area contributed by atoms with Crippen LogP contribution in [-0.2, 0) is 9.59 Å². The number of benzene rings is 1. The summed E-state index contributed by atoms with van der Waals surface area (Å²) >= 11 is 6.01. The zero-order chi connectivity index (χ0) is 12.4. The van der Waals surface area contributed by atoms with Gasteiger partial charge in [-0.25, -0.2) is 5.84 Å². The highest BCUT2D eigenvalue weighted by Gasteiger charge is 2.35. The van der Waals surface area contributed by atoms with Crippen molar-refractivity contribution in [3.05, 3.63) is 29.3 Å². The molecule has 1 atom stereocenters. The molecule has 6 heteroatoms. The number of rotatable bonds is 2. The SMILES string of the molecule is NNC(=O)C1CC(=O)N(c2ccccc2Cl)C1. The van der Waals surface area contributed by atoms with E-state index >= 15 is 0 Å². The van der Waals surface area contributed by atoms with Crippen molar-refractivity contribution in [2.75, 3.05) is 11.4 Å². The number of nitrogens with zero attached hydrogens (tertiary/aromatic N) is 1. The van der Waals surface area contributed by atoms with Crippen molar-refractivity contribution >= 4 is 29.1 Å². The Morgan fingerprint density at radius 1 is 1.47 bits per heavy atom. The number of hydrazine groups is 1. The van der Waals surface area contributed by atoms with Crippen LogP contribution in [0.15, 0.2) is 24.3 Å². The highest BCUT2D eigenvalue weighted by atomic mass is 35.5. The number of carbonyl (C=O) groups excluding carboxylic acids is 2. The third-order valence-corrected chi connectivity index (χ3v) is 3.10. The van der Waals surface area contributed by atoms with Crippen LogP contribution in [0.4, 0.5) is 5.69 Å². The van der Waals surface area contributed by atoms with Crippen LogP contribution in [0.5, 0.6) is 0 Å². The van der Waals surface area contributed by atoms with Crippen LogP contribution in [0.3, 0.4) is 0 Å². The molecule has 1 aromatic rings. The van der Waals surface area contributed by atoms with E-state index in [1.165, 1.54) is 4.90 Å². The van der Waals surface area contributed by atoms with Gasteiger partial charge in [-0.15, -0.1) is 0 Å². The fourth-order valence-electron chi connectivity index (χ4n) is 1.90. The molecule has 5 nitrogen and oxygen atoms in total. The van der Waals surface area contributed by atoms with E-state index < -0.39 is 5.92 Å². The quantitative estimate of drug-likeness (QED) is 0.462. The normalized spacial score (nSPS) is 19.5. The zero-order valence-electron chi connectivity index (χ0n) is 9.02. The number of para-hydroxylation sites is 1. The minimum atomic E-state index is -0.413. The van der Waals surface area contributed by atoms with Crippen molar-refractivity contribution in [1.29, 1.82) is 0 Å². The Morgan fingerprint density at radius 3 is 2.82 bits per heavy atom. The lowest BCUT2D eigenvalue weighted by atomic mass is 10.1.